The highest BCUT2D eigenvalue weighted by Crippen LogP contribution is 2.53. The van der Waals surface area contributed by atoms with Gasteiger partial charge >= 0.3 is 0 Å². The van der Waals surface area contributed by atoms with Crippen LogP contribution in [0.15, 0.2) is 91.0 Å². The van der Waals surface area contributed by atoms with Gasteiger partial charge in [0, 0.05) is 5.66 Å². The van der Waals surface area contributed by atoms with E-state index in [1.165, 1.54) is 54.7 Å². The molecule has 0 bridgehead atoms. The van der Waals surface area contributed by atoms with Gasteiger partial charge in [0.05, 0.1) is 0 Å². The predicted octanol–water partition coefficient (Wildman–Crippen LogP) is 6.83. The first-order valence-electron chi connectivity index (χ1n) is 10.4. The van der Waals surface area contributed by atoms with Crippen LogP contribution in [-0.2, 0) is 0 Å². The molecule has 138 valence electrons. The van der Waals surface area contributed by atoms with Crippen molar-refractivity contribution in [2.45, 2.75) is 44.2 Å². The molecule has 3 aromatic rings. The van der Waals surface area contributed by atoms with Crippen LogP contribution in [0.1, 0.15) is 49.7 Å². The van der Waals surface area contributed by atoms with Gasteiger partial charge < -0.3 is 0 Å². The van der Waals surface area contributed by atoms with Crippen molar-refractivity contribution in [1.82, 2.24) is 0 Å². The van der Waals surface area contributed by atoms with Gasteiger partial charge in [-0.05, 0) is 36.4 Å². The molecule has 0 spiro atoms. The highest BCUT2D eigenvalue weighted by Gasteiger charge is 2.29. The standard InChI is InChI=1S/C26H29P/c1-5-13-22(14-6-1)21-26(23-15-7-2-8-16-23)27(24-17-9-3-10-18-24)25-19-11-4-12-20-25/h2-4,7-12,15-20,22,26H,1,5-6,13-14,21H2. The summed E-state index contributed by atoms with van der Waals surface area (Å²) in [5.41, 5.74) is 2.11. The molecule has 0 heterocycles. The average molecular weight is 372 g/mol. The molecule has 1 aliphatic rings. The van der Waals surface area contributed by atoms with E-state index in [2.05, 4.69) is 91.0 Å². The highest BCUT2D eigenvalue weighted by molar-refractivity contribution is 7.73. The van der Waals surface area contributed by atoms with Crippen molar-refractivity contribution >= 4 is 18.5 Å². The van der Waals surface area contributed by atoms with Crippen LogP contribution >= 0.6 is 7.92 Å². The lowest BCUT2D eigenvalue weighted by molar-refractivity contribution is 0.336. The topological polar surface area (TPSA) is 0 Å². The fourth-order valence-electron chi connectivity index (χ4n) is 4.49. The van der Waals surface area contributed by atoms with Crippen LogP contribution in [0.25, 0.3) is 0 Å². The van der Waals surface area contributed by atoms with E-state index >= 15 is 0 Å². The first-order chi connectivity index (χ1) is 13.4. The number of hydrogen-bond acceptors (Lipinski definition) is 0. The first-order valence-corrected chi connectivity index (χ1v) is 11.8. The minimum atomic E-state index is -0.415. The molecular formula is C26H29P. The maximum Gasteiger partial charge on any atom is 0.0125 e. The molecule has 0 radical (unpaired) electrons. The van der Waals surface area contributed by atoms with Gasteiger partial charge in [0.2, 0.25) is 0 Å². The number of hydrogen-bond donors (Lipinski definition) is 0. The Morgan fingerprint density at radius 1 is 0.630 bits per heavy atom. The Hall–Kier alpha value is -1.91. The van der Waals surface area contributed by atoms with Gasteiger partial charge in [0.25, 0.3) is 0 Å². The van der Waals surface area contributed by atoms with Crippen LogP contribution in [-0.4, -0.2) is 0 Å². The maximum atomic E-state index is 2.36. The lowest BCUT2D eigenvalue weighted by Crippen LogP contribution is -2.20. The lowest BCUT2D eigenvalue weighted by atomic mass is 9.85. The van der Waals surface area contributed by atoms with E-state index in [-0.39, 0.29) is 0 Å². The minimum Gasteiger partial charge on any atom is -0.0622 e. The summed E-state index contributed by atoms with van der Waals surface area (Å²) < 4.78 is 0. The summed E-state index contributed by atoms with van der Waals surface area (Å²) in [5, 5.41) is 3.01. The van der Waals surface area contributed by atoms with Crippen LogP contribution in [0.3, 0.4) is 0 Å². The molecule has 0 aromatic heterocycles. The van der Waals surface area contributed by atoms with E-state index in [4.69, 9.17) is 0 Å². The largest absolute Gasteiger partial charge is 0.0622 e. The van der Waals surface area contributed by atoms with Crippen LogP contribution in [0.5, 0.6) is 0 Å². The minimum absolute atomic E-state index is 0.415. The Labute approximate surface area is 165 Å². The number of rotatable bonds is 6. The molecule has 3 aromatic carbocycles. The zero-order valence-corrected chi connectivity index (χ0v) is 16.9. The Balaban J connectivity index is 1.75. The Bertz CT molecular complexity index is 752. The third-order valence-corrected chi connectivity index (χ3v) is 8.69. The smallest absolute Gasteiger partial charge is 0.0125 e. The average Bonchev–Trinajstić information content (AvgIpc) is 2.76. The van der Waals surface area contributed by atoms with Crippen molar-refractivity contribution in [3.8, 4) is 0 Å². The van der Waals surface area contributed by atoms with Crippen molar-refractivity contribution in [3.05, 3.63) is 96.6 Å². The summed E-state index contributed by atoms with van der Waals surface area (Å²) in [7, 11) is -0.415. The Morgan fingerprint density at radius 2 is 1.11 bits per heavy atom. The second kappa shape index (κ2) is 9.34. The van der Waals surface area contributed by atoms with Crippen LogP contribution < -0.4 is 10.6 Å². The van der Waals surface area contributed by atoms with Gasteiger partial charge in [-0.15, -0.1) is 0 Å². The fourth-order valence-corrected chi connectivity index (χ4v) is 7.47. The highest BCUT2D eigenvalue weighted by atomic mass is 31.1. The number of benzene rings is 3. The molecule has 0 saturated heterocycles. The van der Waals surface area contributed by atoms with Crippen LogP contribution in [0, 0.1) is 5.92 Å². The second-order valence-corrected chi connectivity index (χ2v) is 10.1. The van der Waals surface area contributed by atoms with Crippen molar-refractivity contribution in [1.29, 1.82) is 0 Å². The quantitative estimate of drug-likeness (QED) is 0.416. The predicted molar refractivity (Wildman–Crippen MR) is 119 cm³/mol. The van der Waals surface area contributed by atoms with E-state index < -0.39 is 7.92 Å². The van der Waals surface area contributed by atoms with Gasteiger partial charge in [0.15, 0.2) is 0 Å². The van der Waals surface area contributed by atoms with Crippen molar-refractivity contribution in [2.24, 2.45) is 5.92 Å². The summed E-state index contributed by atoms with van der Waals surface area (Å²) in [5.74, 6) is 0.876. The summed E-state index contributed by atoms with van der Waals surface area (Å²) in [6.07, 6.45) is 8.41. The van der Waals surface area contributed by atoms with E-state index in [0.717, 1.165) is 5.92 Å². The molecule has 1 fully saturated rings. The third-order valence-electron chi connectivity index (χ3n) is 5.85. The summed E-state index contributed by atoms with van der Waals surface area (Å²) >= 11 is 0. The van der Waals surface area contributed by atoms with E-state index in [1.807, 2.05) is 0 Å². The summed E-state index contributed by atoms with van der Waals surface area (Å²) in [4.78, 5) is 0. The van der Waals surface area contributed by atoms with E-state index in [1.54, 1.807) is 0 Å². The molecule has 1 atom stereocenters. The first kappa shape index (κ1) is 18.5. The lowest BCUT2D eigenvalue weighted by Gasteiger charge is -2.33. The SMILES string of the molecule is c1ccc(C(CC2CCCCC2)P(c2ccccc2)c2ccccc2)cc1. The molecule has 0 aliphatic heterocycles. The van der Waals surface area contributed by atoms with E-state index in [0.29, 0.717) is 5.66 Å². The van der Waals surface area contributed by atoms with Gasteiger partial charge in [-0.2, -0.15) is 0 Å². The molecule has 1 aliphatic carbocycles. The second-order valence-electron chi connectivity index (χ2n) is 7.71. The molecular weight excluding hydrogens is 343 g/mol. The fraction of sp³-hybridized carbons (Fsp3) is 0.308. The molecule has 27 heavy (non-hydrogen) atoms. The van der Waals surface area contributed by atoms with Crippen molar-refractivity contribution in [3.63, 3.8) is 0 Å². The van der Waals surface area contributed by atoms with Gasteiger partial charge in [-0.1, -0.05) is 123 Å². The van der Waals surface area contributed by atoms with Crippen molar-refractivity contribution in [2.75, 3.05) is 0 Å². The van der Waals surface area contributed by atoms with Crippen LogP contribution in [0.4, 0.5) is 0 Å². The molecule has 1 heteroatoms. The summed E-state index contributed by atoms with van der Waals surface area (Å²) in [6, 6.07) is 33.8. The summed E-state index contributed by atoms with van der Waals surface area (Å²) in [6.45, 7) is 0. The van der Waals surface area contributed by atoms with E-state index in [9.17, 15) is 0 Å². The molecule has 1 unspecified atom stereocenters. The van der Waals surface area contributed by atoms with Crippen molar-refractivity contribution < 1.29 is 0 Å². The normalized spacial score (nSPS) is 16.3. The molecule has 4 rings (SSSR count). The van der Waals surface area contributed by atoms with Gasteiger partial charge in [-0.25, -0.2) is 0 Å². The van der Waals surface area contributed by atoms with Crippen LogP contribution in [0.2, 0.25) is 0 Å². The Kier molecular flexibility index (Phi) is 6.38. The molecule has 0 N–H and O–H groups in total. The monoisotopic (exact) mass is 372 g/mol. The van der Waals surface area contributed by atoms with Gasteiger partial charge in [0.1, 0.15) is 0 Å². The maximum absolute atomic E-state index is 2.36. The third kappa shape index (κ3) is 4.69. The molecule has 1 saturated carbocycles. The van der Waals surface area contributed by atoms with Gasteiger partial charge in [-0.3, -0.25) is 0 Å². The zero-order valence-electron chi connectivity index (χ0n) is 16.0. The zero-order chi connectivity index (χ0) is 18.3. The Morgan fingerprint density at radius 3 is 1.63 bits per heavy atom. The molecule has 0 nitrogen and oxygen atoms in total. The molecule has 0 amide bonds.